The van der Waals surface area contributed by atoms with Crippen molar-refractivity contribution in [3.8, 4) is 17.6 Å². The van der Waals surface area contributed by atoms with Gasteiger partial charge < -0.3 is 14.8 Å². The lowest BCUT2D eigenvalue weighted by Crippen LogP contribution is -2.32. The highest BCUT2D eigenvalue weighted by molar-refractivity contribution is 7.16. The molecule has 9 nitrogen and oxygen atoms in total. The van der Waals surface area contributed by atoms with Gasteiger partial charge in [0.25, 0.3) is 0 Å². The molecule has 2 N–H and O–H groups in total. The second-order valence-corrected chi connectivity index (χ2v) is 8.97. The van der Waals surface area contributed by atoms with Crippen molar-refractivity contribution in [3.63, 3.8) is 0 Å². The molecule has 0 radical (unpaired) electrons. The average Bonchev–Trinajstić information content (AvgIpc) is 3.26. The van der Waals surface area contributed by atoms with Gasteiger partial charge in [-0.2, -0.15) is 10.4 Å². The quantitative estimate of drug-likeness (QED) is 0.173. The number of thiophene rings is 1. The van der Waals surface area contributed by atoms with Crippen LogP contribution in [0.3, 0.4) is 0 Å². The topological polar surface area (TPSA) is 130 Å². The van der Waals surface area contributed by atoms with E-state index in [0.717, 1.165) is 36.1 Å². The molecule has 0 fully saturated rings. The summed E-state index contributed by atoms with van der Waals surface area (Å²) in [7, 11) is 1.54. The molecule has 0 aliphatic heterocycles. The minimum atomic E-state index is -0.952. The molecule has 0 bridgehead atoms. The molecular formula is C26H22N4O5S. The highest BCUT2D eigenvalue weighted by Crippen LogP contribution is 2.37. The maximum Gasteiger partial charge on any atom is 0.343 e. The van der Waals surface area contributed by atoms with Gasteiger partial charge in [-0.05, 0) is 85.3 Å². The molecule has 2 amide bonds. The molecule has 1 aliphatic carbocycles. The van der Waals surface area contributed by atoms with Crippen LogP contribution in [0.2, 0.25) is 0 Å². The van der Waals surface area contributed by atoms with Gasteiger partial charge in [-0.15, -0.1) is 11.3 Å². The Kier molecular flexibility index (Phi) is 7.72. The largest absolute Gasteiger partial charge is 0.497 e. The molecule has 36 heavy (non-hydrogen) atoms. The van der Waals surface area contributed by atoms with Crippen LogP contribution in [0.4, 0.5) is 5.00 Å². The minimum absolute atomic E-state index is 0.336. The number of hydrogen-bond donors (Lipinski definition) is 2. The maximum absolute atomic E-state index is 12.3. The molecule has 0 saturated heterocycles. The smallest absolute Gasteiger partial charge is 0.343 e. The van der Waals surface area contributed by atoms with Gasteiger partial charge in [-0.3, -0.25) is 9.59 Å². The molecule has 1 aliphatic rings. The Morgan fingerprint density at radius 1 is 1.00 bits per heavy atom. The normalized spacial score (nSPS) is 12.3. The summed E-state index contributed by atoms with van der Waals surface area (Å²) in [5.74, 6) is -1.39. The Hall–Kier alpha value is -4.49. The fourth-order valence-corrected chi connectivity index (χ4v) is 4.90. The fraction of sp³-hybridized carbons (Fsp3) is 0.192. The van der Waals surface area contributed by atoms with Crippen molar-refractivity contribution in [2.24, 2.45) is 5.10 Å². The molecule has 10 heteroatoms. The summed E-state index contributed by atoms with van der Waals surface area (Å²) in [6, 6.07) is 15.1. The Bertz CT molecular complexity index is 1350. The zero-order chi connectivity index (χ0) is 25.5. The van der Waals surface area contributed by atoms with Gasteiger partial charge in [0.2, 0.25) is 0 Å². The molecule has 3 aromatic rings. The highest BCUT2D eigenvalue weighted by Gasteiger charge is 2.23. The third-order valence-corrected chi connectivity index (χ3v) is 6.72. The Balaban J connectivity index is 1.29. The molecular weight excluding hydrogens is 480 g/mol. The lowest BCUT2D eigenvalue weighted by molar-refractivity contribution is -0.136. The lowest BCUT2D eigenvalue weighted by Gasteiger charge is -2.09. The van der Waals surface area contributed by atoms with Crippen LogP contribution in [0.5, 0.6) is 11.5 Å². The van der Waals surface area contributed by atoms with E-state index >= 15 is 0 Å². The molecule has 182 valence electrons. The average molecular weight is 503 g/mol. The van der Waals surface area contributed by atoms with E-state index in [0.29, 0.717) is 33.2 Å². The number of carbonyl (C=O) groups excluding carboxylic acids is 3. The number of hydrazone groups is 1. The van der Waals surface area contributed by atoms with Crippen molar-refractivity contribution >= 4 is 40.3 Å². The number of ether oxygens (including phenoxy) is 2. The number of benzene rings is 2. The first-order valence-corrected chi connectivity index (χ1v) is 12.0. The highest BCUT2D eigenvalue weighted by atomic mass is 32.1. The monoisotopic (exact) mass is 502 g/mol. The van der Waals surface area contributed by atoms with E-state index in [-0.39, 0.29) is 0 Å². The van der Waals surface area contributed by atoms with Gasteiger partial charge in [-0.1, -0.05) is 0 Å². The van der Waals surface area contributed by atoms with Crippen LogP contribution < -0.4 is 20.2 Å². The number of fused-ring (bicyclic) bond motifs is 1. The zero-order valence-electron chi connectivity index (χ0n) is 19.4. The van der Waals surface area contributed by atoms with Gasteiger partial charge in [0.1, 0.15) is 22.6 Å². The Morgan fingerprint density at radius 2 is 1.69 bits per heavy atom. The standard InChI is InChI=1S/C26H22N4O5S/c1-34-18-12-8-17(9-13-18)26(33)35-19-10-6-16(7-11-19)15-28-30-24(32)23(31)29-25-21(14-27)20-4-2-3-5-22(20)36-25/h6-13,15H,2-5H2,1H3,(H,29,31)(H,30,32). The number of anilines is 1. The first kappa shape index (κ1) is 24.6. The van der Waals surface area contributed by atoms with E-state index in [1.165, 1.54) is 17.6 Å². The fourth-order valence-electron chi connectivity index (χ4n) is 3.66. The van der Waals surface area contributed by atoms with Gasteiger partial charge in [0, 0.05) is 4.88 Å². The number of hydrogen-bond acceptors (Lipinski definition) is 8. The molecule has 0 atom stereocenters. The van der Waals surface area contributed by atoms with E-state index in [4.69, 9.17) is 9.47 Å². The first-order valence-electron chi connectivity index (χ1n) is 11.1. The van der Waals surface area contributed by atoms with Crippen LogP contribution in [0.25, 0.3) is 0 Å². The van der Waals surface area contributed by atoms with E-state index in [2.05, 4.69) is 21.9 Å². The number of nitrogens with zero attached hydrogens (tertiary/aromatic N) is 2. The number of esters is 1. The zero-order valence-corrected chi connectivity index (χ0v) is 20.2. The maximum atomic E-state index is 12.3. The third-order valence-electron chi connectivity index (χ3n) is 5.51. The van der Waals surface area contributed by atoms with Crippen molar-refractivity contribution in [2.75, 3.05) is 12.4 Å². The number of amides is 2. The molecule has 1 aromatic heterocycles. The van der Waals surface area contributed by atoms with Crippen molar-refractivity contribution in [1.82, 2.24) is 5.43 Å². The van der Waals surface area contributed by atoms with Crippen molar-refractivity contribution < 1.29 is 23.9 Å². The minimum Gasteiger partial charge on any atom is -0.497 e. The second kappa shape index (κ2) is 11.3. The summed E-state index contributed by atoms with van der Waals surface area (Å²) in [6.45, 7) is 0. The SMILES string of the molecule is COc1ccc(C(=O)Oc2ccc(C=NNC(=O)C(=O)Nc3sc4c(c3C#N)CCCC4)cc2)cc1. The number of nitriles is 1. The number of methoxy groups -OCH3 is 1. The predicted octanol–water partition coefficient (Wildman–Crippen LogP) is 3.82. The van der Waals surface area contributed by atoms with Crippen LogP contribution >= 0.6 is 11.3 Å². The van der Waals surface area contributed by atoms with E-state index in [1.807, 2.05) is 0 Å². The second-order valence-electron chi connectivity index (χ2n) is 7.87. The molecule has 0 spiro atoms. The van der Waals surface area contributed by atoms with E-state index in [1.54, 1.807) is 55.6 Å². The summed E-state index contributed by atoms with van der Waals surface area (Å²) in [5.41, 5.74) is 4.57. The lowest BCUT2D eigenvalue weighted by atomic mass is 9.96. The summed E-state index contributed by atoms with van der Waals surface area (Å²) in [5, 5.41) is 16.2. The van der Waals surface area contributed by atoms with Gasteiger partial charge in [-0.25, -0.2) is 10.2 Å². The van der Waals surface area contributed by atoms with Crippen LogP contribution in [-0.2, 0) is 22.4 Å². The van der Waals surface area contributed by atoms with Crippen molar-refractivity contribution in [3.05, 3.63) is 75.7 Å². The molecule has 0 saturated carbocycles. The third kappa shape index (κ3) is 5.76. The van der Waals surface area contributed by atoms with Crippen LogP contribution in [0.15, 0.2) is 53.6 Å². The van der Waals surface area contributed by atoms with Crippen molar-refractivity contribution in [2.45, 2.75) is 25.7 Å². The Labute approximate surface area is 211 Å². The van der Waals surface area contributed by atoms with Crippen LogP contribution in [-0.4, -0.2) is 31.1 Å². The molecule has 1 heterocycles. The van der Waals surface area contributed by atoms with E-state index in [9.17, 15) is 19.6 Å². The number of rotatable bonds is 6. The van der Waals surface area contributed by atoms with E-state index < -0.39 is 17.8 Å². The van der Waals surface area contributed by atoms with Gasteiger partial charge in [0.15, 0.2) is 0 Å². The summed E-state index contributed by atoms with van der Waals surface area (Å²) < 4.78 is 10.4. The van der Waals surface area contributed by atoms with Crippen molar-refractivity contribution in [1.29, 1.82) is 5.26 Å². The predicted molar refractivity (Wildman–Crippen MR) is 134 cm³/mol. The van der Waals surface area contributed by atoms with Crippen LogP contribution in [0, 0.1) is 11.3 Å². The summed E-state index contributed by atoms with van der Waals surface area (Å²) in [4.78, 5) is 37.8. The number of aryl methyl sites for hydroxylation is 1. The molecule has 2 aromatic carbocycles. The summed E-state index contributed by atoms with van der Waals surface area (Å²) >= 11 is 1.34. The van der Waals surface area contributed by atoms with Gasteiger partial charge in [0.05, 0.1) is 24.5 Å². The number of nitrogens with one attached hydrogen (secondary N) is 2. The summed E-state index contributed by atoms with van der Waals surface area (Å²) in [6.07, 6.45) is 5.09. The Morgan fingerprint density at radius 3 is 2.39 bits per heavy atom. The molecule has 4 rings (SSSR count). The van der Waals surface area contributed by atoms with Crippen LogP contribution in [0.1, 0.15) is 44.8 Å². The van der Waals surface area contributed by atoms with Gasteiger partial charge >= 0.3 is 17.8 Å². The number of carbonyl (C=O) groups is 3. The first-order chi connectivity index (χ1) is 17.5. The molecule has 0 unspecified atom stereocenters.